The number of nitrogens with zero attached hydrogens (tertiary/aromatic N) is 5. The number of halogens is 1. The Bertz CT molecular complexity index is 1100. The highest BCUT2D eigenvalue weighted by atomic mass is 127. The number of benzene rings is 1. The fourth-order valence-electron chi connectivity index (χ4n) is 2.93. The summed E-state index contributed by atoms with van der Waals surface area (Å²) in [5.41, 5.74) is 7.46. The van der Waals surface area contributed by atoms with Gasteiger partial charge in [-0.25, -0.2) is 15.0 Å². The molecule has 4 aromatic rings. The van der Waals surface area contributed by atoms with Crippen LogP contribution in [0.3, 0.4) is 0 Å². The van der Waals surface area contributed by atoms with E-state index in [1.165, 1.54) is 6.33 Å². The van der Waals surface area contributed by atoms with Gasteiger partial charge in [-0.1, -0.05) is 11.8 Å². The minimum atomic E-state index is 0.399. The van der Waals surface area contributed by atoms with Crippen molar-refractivity contribution in [3.63, 3.8) is 0 Å². The van der Waals surface area contributed by atoms with E-state index in [1.54, 1.807) is 18.9 Å². The highest BCUT2D eigenvalue weighted by Crippen LogP contribution is 2.35. The number of aromatic nitrogens is 5. The topological polar surface area (TPSA) is 83.8 Å². The average Bonchev–Trinajstić information content (AvgIpc) is 3.33. The van der Waals surface area contributed by atoms with Gasteiger partial charge in [0.1, 0.15) is 12.1 Å². The zero-order chi connectivity index (χ0) is 19.5. The normalized spacial score (nSPS) is 11.2. The van der Waals surface area contributed by atoms with E-state index in [0.717, 1.165) is 44.5 Å². The Morgan fingerprint density at radius 2 is 2.00 bits per heavy atom. The molecule has 4 rings (SSSR count). The number of ether oxygens (including phenoxy) is 1. The van der Waals surface area contributed by atoms with E-state index in [2.05, 4.69) is 54.1 Å². The van der Waals surface area contributed by atoms with Gasteiger partial charge in [0.2, 0.25) is 0 Å². The van der Waals surface area contributed by atoms with Gasteiger partial charge in [-0.2, -0.15) is 0 Å². The maximum atomic E-state index is 6.05. The predicted molar refractivity (Wildman–Crippen MR) is 119 cm³/mol. The van der Waals surface area contributed by atoms with Crippen molar-refractivity contribution in [2.45, 2.75) is 29.6 Å². The quantitative estimate of drug-likeness (QED) is 0.381. The molecule has 0 unspecified atom stereocenters. The van der Waals surface area contributed by atoms with Crippen LogP contribution in [0.15, 0.2) is 59.1 Å². The van der Waals surface area contributed by atoms with E-state index >= 15 is 0 Å². The van der Waals surface area contributed by atoms with Crippen molar-refractivity contribution in [1.29, 1.82) is 0 Å². The lowest BCUT2D eigenvalue weighted by atomic mass is 10.3. The number of methoxy groups -OCH3 is 1. The Kier molecular flexibility index (Phi) is 5.72. The number of anilines is 1. The van der Waals surface area contributed by atoms with Gasteiger partial charge in [0.05, 0.1) is 7.11 Å². The molecule has 0 aliphatic rings. The van der Waals surface area contributed by atoms with E-state index in [0.29, 0.717) is 11.3 Å². The highest BCUT2D eigenvalue weighted by Gasteiger charge is 2.17. The van der Waals surface area contributed by atoms with Crippen LogP contribution in [0.25, 0.3) is 11.2 Å². The molecule has 7 nitrogen and oxygen atoms in total. The summed E-state index contributed by atoms with van der Waals surface area (Å²) in [4.78, 5) is 14.4. The first-order valence-electron chi connectivity index (χ1n) is 8.74. The van der Waals surface area contributed by atoms with Crippen molar-refractivity contribution in [1.82, 2.24) is 24.1 Å². The van der Waals surface area contributed by atoms with Crippen LogP contribution in [0, 0.1) is 3.57 Å². The minimum Gasteiger partial charge on any atom is -0.497 e. The lowest BCUT2D eigenvalue weighted by Crippen LogP contribution is -2.05. The summed E-state index contributed by atoms with van der Waals surface area (Å²) in [7, 11) is 1.67. The zero-order valence-corrected chi connectivity index (χ0v) is 18.2. The van der Waals surface area contributed by atoms with E-state index in [9.17, 15) is 0 Å². The fraction of sp³-hybridized carbons (Fsp3) is 0.211. The Hall–Kier alpha value is -2.27. The summed E-state index contributed by atoms with van der Waals surface area (Å²) in [6.45, 7) is 1.71. The van der Waals surface area contributed by atoms with Gasteiger partial charge in [0, 0.05) is 33.9 Å². The summed E-state index contributed by atoms with van der Waals surface area (Å²) in [5.74, 6) is 1.22. The minimum absolute atomic E-state index is 0.399. The second-order valence-corrected chi connectivity index (χ2v) is 8.32. The van der Waals surface area contributed by atoms with Gasteiger partial charge in [-0.15, -0.1) is 0 Å². The molecule has 0 fully saturated rings. The Morgan fingerprint density at radius 3 is 2.79 bits per heavy atom. The Labute approximate surface area is 180 Å². The third-order valence-corrected chi connectivity index (χ3v) is 6.69. The average molecular weight is 506 g/mol. The first kappa shape index (κ1) is 19.1. The molecule has 0 aliphatic heterocycles. The summed E-state index contributed by atoms with van der Waals surface area (Å²) >= 11 is 3.91. The Morgan fingerprint density at radius 1 is 1.18 bits per heavy atom. The van der Waals surface area contributed by atoms with Gasteiger partial charge < -0.3 is 19.6 Å². The van der Waals surface area contributed by atoms with Crippen LogP contribution in [0.4, 0.5) is 5.82 Å². The van der Waals surface area contributed by atoms with Crippen molar-refractivity contribution in [3.05, 3.63) is 52.6 Å². The van der Waals surface area contributed by atoms with Crippen molar-refractivity contribution in [2.24, 2.45) is 0 Å². The maximum Gasteiger partial charge on any atom is 0.175 e. The van der Waals surface area contributed by atoms with E-state index in [1.807, 2.05) is 30.3 Å². The van der Waals surface area contributed by atoms with Crippen molar-refractivity contribution in [2.75, 3.05) is 12.8 Å². The molecule has 0 atom stereocenters. The van der Waals surface area contributed by atoms with Crippen molar-refractivity contribution >= 4 is 51.3 Å². The van der Waals surface area contributed by atoms with E-state index in [-0.39, 0.29) is 0 Å². The summed E-state index contributed by atoms with van der Waals surface area (Å²) in [5, 5.41) is 0.848. The van der Waals surface area contributed by atoms with Crippen LogP contribution in [0.5, 0.6) is 5.75 Å². The van der Waals surface area contributed by atoms with Gasteiger partial charge in [-0.3, -0.25) is 0 Å². The number of imidazole rings is 1. The van der Waals surface area contributed by atoms with E-state index < -0.39 is 0 Å². The number of aryl methyl sites for hydroxylation is 2. The van der Waals surface area contributed by atoms with Crippen LogP contribution in [-0.4, -0.2) is 31.2 Å². The van der Waals surface area contributed by atoms with Gasteiger partial charge in [0.15, 0.2) is 22.1 Å². The molecule has 0 spiro atoms. The van der Waals surface area contributed by atoms with Crippen LogP contribution in [0.1, 0.15) is 6.42 Å². The molecule has 3 heterocycles. The van der Waals surface area contributed by atoms with Gasteiger partial charge in [0.25, 0.3) is 0 Å². The number of nitrogens with two attached hydrogens (primary N) is 1. The molecule has 9 heteroatoms. The largest absolute Gasteiger partial charge is 0.497 e. The van der Waals surface area contributed by atoms with Gasteiger partial charge >= 0.3 is 0 Å². The lowest BCUT2D eigenvalue weighted by Gasteiger charge is -2.10. The molecule has 144 valence electrons. The zero-order valence-electron chi connectivity index (χ0n) is 15.2. The second kappa shape index (κ2) is 8.39. The third kappa shape index (κ3) is 3.95. The Balaban J connectivity index is 1.67. The molecule has 1 aromatic carbocycles. The first-order chi connectivity index (χ1) is 13.7. The van der Waals surface area contributed by atoms with Crippen LogP contribution in [-0.2, 0) is 13.1 Å². The van der Waals surface area contributed by atoms with Crippen molar-refractivity contribution in [3.8, 4) is 5.75 Å². The molecule has 0 bridgehead atoms. The van der Waals surface area contributed by atoms with E-state index in [4.69, 9.17) is 15.5 Å². The third-order valence-electron chi connectivity index (χ3n) is 4.33. The highest BCUT2D eigenvalue weighted by molar-refractivity contribution is 14.1. The summed E-state index contributed by atoms with van der Waals surface area (Å²) in [6, 6.07) is 10.1. The SMILES string of the molecule is COc1ccc(I)c(Sc2nc3c(N)ncnc3n2CCCn2cccc2)c1. The standard InChI is InChI=1S/C19H19IN6OS/c1-27-13-5-6-14(20)15(11-13)28-19-24-16-17(21)22-12-23-18(16)26(19)10-4-9-25-7-2-3-8-25/h2-3,5-8,11-12H,4,9-10H2,1H3,(H2,21,22,23). The molecule has 3 aromatic heterocycles. The molecule has 0 amide bonds. The van der Waals surface area contributed by atoms with Gasteiger partial charge in [-0.05, 0) is 59.3 Å². The predicted octanol–water partition coefficient (Wildman–Crippen LogP) is 4.06. The number of nitrogen functional groups attached to an aromatic ring is 1. The summed E-state index contributed by atoms with van der Waals surface area (Å²) in [6.07, 6.45) is 6.58. The molecule has 0 aliphatic carbocycles. The van der Waals surface area contributed by atoms with Crippen LogP contribution in [0.2, 0.25) is 0 Å². The first-order valence-corrected chi connectivity index (χ1v) is 10.6. The smallest absolute Gasteiger partial charge is 0.175 e. The number of fused-ring (bicyclic) bond motifs is 1. The summed E-state index contributed by atoms with van der Waals surface area (Å²) < 4.78 is 10.8. The maximum absolute atomic E-state index is 6.05. The number of rotatable bonds is 7. The molecule has 28 heavy (non-hydrogen) atoms. The molecular weight excluding hydrogens is 487 g/mol. The second-order valence-electron chi connectivity index (χ2n) is 6.15. The molecule has 0 radical (unpaired) electrons. The monoisotopic (exact) mass is 506 g/mol. The van der Waals surface area contributed by atoms with Crippen molar-refractivity contribution < 1.29 is 4.74 Å². The lowest BCUT2D eigenvalue weighted by molar-refractivity contribution is 0.413. The molecule has 2 N–H and O–H groups in total. The molecular formula is C19H19IN6OS. The molecule has 0 saturated heterocycles. The fourth-order valence-corrected chi connectivity index (χ4v) is 4.56. The van der Waals surface area contributed by atoms with Crippen LogP contribution < -0.4 is 10.5 Å². The number of hydrogen-bond acceptors (Lipinski definition) is 6. The molecule has 0 saturated carbocycles. The van der Waals surface area contributed by atoms with Crippen LogP contribution >= 0.6 is 34.4 Å². The number of hydrogen-bond donors (Lipinski definition) is 1.